The van der Waals surface area contributed by atoms with Gasteiger partial charge in [0.05, 0.1) is 12.7 Å². The molecule has 1 aliphatic carbocycles. The molecular weight excluding hydrogens is 424 g/mol. The van der Waals surface area contributed by atoms with Gasteiger partial charge >= 0.3 is 12.0 Å². The number of methoxy groups -OCH3 is 1. The van der Waals surface area contributed by atoms with Crippen LogP contribution in [0.25, 0.3) is 10.9 Å². The molecule has 2 aromatic rings. The molecule has 1 saturated carbocycles. The standard InChI is InChI=1S/C24H28N4O5/c1-14-5-3-4-9-24(14)22(31)28(23(32)26-24)13-20(29)27-10-8-19-17(12-27)16-11-15(21(30)33-2)6-7-18(16)25-19/h6-7,11,14,25H,3-5,8-10,12-13H2,1-2H3,(H,26,32)/t14-,24-/m0/s1. The van der Waals surface area contributed by atoms with Gasteiger partial charge in [-0.2, -0.15) is 0 Å². The van der Waals surface area contributed by atoms with Crippen LogP contribution < -0.4 is 5.32 Å². The first-order valence-electron chi connectivity index (χ1n) is 11.5. The Balaban J connectivity index is 1.35. The maximum Gasteiger partial charge on any atom is 0.337 e. The summed E-state index contributed by atoms with van der Waals surface area (Å²) in [6.07, 6.45) is 4.07. The Bertz CT molecular complexity index is 1170. The van der Waals surface area contributed by atoms with Crippen molar-refractivity contribution in [2.45, 2.75) is 51.1 Å². The number of esters is 1. The van der Waals surface area contributed by atoms with Crippen molar-refractivity contribution < 1.29 is 23.9 Å². The molecule has 33 heavy (non-hydrogen) atoms. The van der Waals surface area contributed by atoms with Gasteiger partial charge in [-0.05, 0) is 37.0 Å². The summed E-state index contributed by atoms with van der Waals surface area (Å²) in [6, 6.07) is 4.84. The Kier molecular flexibility index (Phi) is 5.14. The highest BCUT2D eigenvalue weighted by molar-refractivity contribution is 6.09. The molecule has 1 aromatic heterocycles. The second kappa shape index (κ2) is 7.90. The molecule has 2 aliphatic heterocycles. The molecule has 0 unspecified atom stereocenters. The summed E-state index contributed by atoms with van der Waals surface area (Å²) >= 11 is 0. The van der Waals surface area contributed by atoms with Crippen LogP contribution in [0.1, 0.15) is 54.2 Å². The predicted molar refractivity (Wildman–Crippen MR) is 119 cm³/mol. The second-order valence-electron chi connectivity index (χ2n) is 9.34. The fraction of sp³-hybridized carbons (Fsp3) is 0.500. The van der Waals surface area contributed by atoms with Gasteiger partial charge in [-0.1, -0.05) is 19.8 Å². The summed E-state index contributed by atoms with van der Waals surface area (Å²) in [4.78, 5) is 57.1. The number of nitrogens with zero attached hydrogens (tertiary/aromatic N) is 2. The number of nitrogens with one attached hydrogen (secondary N) is 2. The minimum atomic E-state index is -0.869. The minimum absolute atomic E-state index is 0.0515. The van der Waals surface area contributed by atoms with Crippen LogP contribution in [0, 0.1) is 5.92 Å². The number of imide groups is 1. The molecule has 3 aliphatic rings. The molecule has 9 nitrogen and oxygen atoms in total. The van der Waals surface area contributed by atoms with Crippen molar-refractivity contribution in [3.63, 3.8) is 0 Å². The molecule has 2 fully saturated rings. The number of aromatic nitrogens is 1. The van der Waals surface area contributed by atoms with E-state index in [1.807, 2.05) is 13.0 Å². The molecule has 4 amide bonds. The molecule has 1 aromatic carbocycles. The van der Waals surface area contributed by atoms with E-state index in [0.29, 0.717) is 31.5 Å². The number of rotatable bonds is 3. The first-order chi connectivity index (χ1) is 15.8. The van der Waals surface area contributed by atoms with Crippen molar-refractivity contribution in [3.05, 3.63) is 35.0 Å². The topological polar surface area (TPSA) is 112 Å². The van der Waals surface area contributed by atoms with Crippen LogP contribution in [-0.2, 0) is 27.3 Å². The zero-order valence-electron chi connectivity index (χ0n) is 18.9. The van der Waals surface area contributed by atoms with Gasteiger partial charge < -0.3 is 19.9 Å². The van der Waals surface area contributed by atoms with E-state index in [0.717, 1.165) is 46.3 Å². The highest BCUT2D eigenvalue weighted by Crippen LogP contribution is 2.38. The minimum Gasteiger partial charge on any atom is -0.465 e. The molecule has 1 spiro atoms. The van der Waals surface area contributed by atoms with E-state index in [1.165, 1.54) is 7.11 Å². The largest absolute Gasteiger partial charge is 0.465 e. The molecule has 3 heterocycles. The summed E-state index contributed by atoms with van der Waals surface area (Å²) < 4.78 is 4.83. The quantitative estimate of drug-likeness (QED) is 0.548. The molecular formula is C24H28N4O5. The number of carbonyl (C=O) groups excluding carboxylic acids is 4. The van der Waals surface area contributed by atoms with Crippen LogP contribution in [0.2, 0.25) is 0 Å². The van der Waals surface area contributed by atoms with E-state index >= 15 is 0 Å². The summed E-state index contributed by atoms with van der Waals surface area (Å²) in [5.74, 6) is -0.903. The number of urea groups is 1. The van der Waals surface area contributed by atoms with Crippen molar-refractivity contribution in [1.29, 1.82) is 0 Å². The van der Waals surface area contributed by atoms with Crippen LogP contribution in [0.4, 0.5) is 4.79 Å². The molecule has 174 valence electrons. The van der Waals surface area contributed by atoms with E-state index in [9.17, 15) is 19.2 Å². The Hall–Kier alpha value is -3.36. The number of aromatic amines is 1. The average molecular weight is 453 g/mol. The highest BCUT2D eigenvalue weighted by Gasteiger charge is 2.55. The number of carbonyl (C=O) groups is 4. The van der Waals surface area contributed by atoms with E-state index in [2.05, 4.69) is 10.3 Å². The first kappa shape index (κ1) is 21.5. The summed E-state index contributed by atoms with van der Waals surface area (Å²) in [5, 5.41) is 3.77. The van der Waals surface area contributed by atoms with Gasteiger partial charge in [0.2, 0.25) is 5.91 Å². The summed E-state index contributed by atoms with van der Waals surface area (Å²) in [5.41, 5.74) is 2.45. The van der Waals surface area contributed by atoms with E-state index in [4.69, 9.17) is 4.74 Å². The zero-order valence-corrected chi connectivity index (χ0v) is 18.9. The van der Waals surface area contributed by atoms with Gasteiger partial charge in [0.25, 0.3) is 5.91 Å². The molecule has 5 rings (SSSR count). The van der Waals surface area contributed by atoms with E-state index in [-0.39, 0.29) is 24.3 Å². The van der Waals surface area contributed by atoms with Crippen molar-refractivity contribution in [2.75, 3.05) is 20.2 Å². The van der Waals surface area contributed by atoms with Gasteiger partial charge in [-0.3, -0.25) is 14.5 Å². The number of benzene rings is 1. The predicted octanol–water partition coefficient (Wildman–Crippen LogP) is 2.34. The Morgan fingerprint density at radius 1 is 1.24 bits per heavy atom. The van der Waals surface area contributed by atoms with E-state index in [1.54, 1.807) is 17.0 Å². The fourth-order valence-electron chi connectivity index (χ4n) is 5.55. The summed E-state index contributed by atoms with van der Waals surface area (Å²) in [7, 11) is 1.34. The van der Waals surface area contributed by atoms with Crippen LogP contribution in [0.5, 0.6) is 0 Å². The molecule has 9 heteroatoms. The average Bonchev–Trinajstić information content (AvgIpc) is 3.30. The van der Waals surface area contributed by atoms with Crippen molar-refractivity contribution in [3.8, 4) is 0 Å². The van der Waals surface area contributed by atoms with Gasteiger partial charge in [0.15, 0.2) is 0 Å². The molecule has 0 bridgehead atoms. The van der Waals surface area contributed by atoms with E-state index < -0.39 is 17.5 Å². The maximum atomic E-state index is 13.2. The Labute approximate surface area is 191 Å². The lowest BCUT2D eigenvalue weighted by Gasteiger charge is -2.37. The third-order valence-corrected chi connectivity index (χ3v) is 7.54. The van der Waals surface area contributed by atoms with Crippen LogP contribution in [-0.4, -0.2) is 64.3 Å². The van der Waals surface area contributed by atoms with Gasteiger partial charge in [0.1, 0.15) is 12.1 Å². The SMILES string of the molecule is COC(=O)c1ccc2[nH]c3c(c2c1)CN(C(=O)CN1C(=O)N[C@]2(CCCC[C@@H]2C)C1=O)CC3. The third-order valence-electron chi connectivity index (χ3n) is 7.54. The molecule has 1 saturated heterocycles. The zero-order chi connectivity index (χ0) is 23.3. The molecule has 2 N–H and O–H groups in total. The number of fused-ring (bicyclic) bond motifs is 3. The van der Waals surface area contributed by atoms with Crippen molar-refractivity contribution in [2.24, 2.45) is 5.92 Å². The number of H-pyrrole nitrogens is 1. The fourth-order valence-corrected chi connectivity index (χ4v) is 5.55. The van der Waals surface area contributed by atoms with Crippen molar-refractivity contribution >= 4 is 34.7 Å². The monoisotopic (exact) mass is 452 g/mol. The lowest BCUT2D eigenvalue weighted by atomic mass is 9.73. The third kappa shape index (κ3) is 3.37. The first-order valence-corrected chi connectivity index (χ1v) is 11.5. The normalized spacial score (nSPS) is 24.8. The van der Waals surface area contributed by atoms with Crippen molar-refractivity contribution in [1.82, 2.24) is 20.1 Å². The van der Waals surface area contributed by atoms with Gasteiger partial charge in [-0.25, -0.2) is 9.59 Å². The number of ether oxygens (including phenoxy) is 1. The molecule has 0 radical (unpaired) electrons. The Morgan fingerprint density at radius 3 is 2.82 bits per heavy atom. The maximum absolute atomic E-state index is 13.2. The second-order valence-corrected chi connectivity index (χ2v) is 9.34. The molecule has 2 atom stereocenters. The van der Waals surface area contributed by atoms with Gasteiger partial charge in [0, 0.05) is 41.7 Å². The number of amides is 4. The lowest BCUT2D eigenvalue weighted by molar-refractivity contribution is -0.141. The smallest absolute Gasteiger partial charge is 0.337 e. The van der Waals surface area contributed by atoms with Crippen LogP contribution in [0.3, 0.4) is 0 Å². The number of hydrogen-bond acceptors (Lipinski definition) is 5. The highest BCUT2D eigenvalue weighted by atomic mass is 16.5. The van der Waals surface area contributed by atoms with Crippen LogP contribution >= 0.6 is 0 Å². The number of hydrogen-bond donors (Lipinski definition) is 2. The van der Waals surface area contributed by atoms with Crippen LogP contribution in [0.15, 0.2) is 18.2 Å². The van der Waals surface area contributed by atoms with Gasteiger partial charge in [-0.15, -0.1) is 0 Å². The summed E-state index contributed by atoms with van der Waals surface area (Å²) in [6.45, 7) is 2.58. The Morgan fingerprint density at radius 2 is 2.06 bits per heavy atom. The lowest BCUT2D eigenvalue weighted by Crippen LogP contribution is -2.54.